The summed E-state index contributed by atoms with van der Waals surface area (Å²) in [5, 5.41) is 0.253. The van der Waals surface area contributed by atoms with Gasteiger partial charge in [-0.25, -0.2) is 0 Å². The highest BCUT2D eigenvalue weighted by atomic mass is 28.4. The number of esters is 1. The van der Waals surface area contributed by atoms with Crippen molar-refractivity contribution in [1.82, 2.24) is 0 Å². The Bertz CT molecular complexity index is 432. The van der Waals surface area contributed by atoms with E-state index in [0.717, 1.165) is 45.1 Å². The minimum absolute atomic E-state index is 0.0259. The van der Waals surface area contributed by atoms with Gasteiger partial charge < -0.3 is 18.6 Å². The average molecular weight is 387 g/mol. The van der Waals surface area contributed by atoms with Gasteiger partial charge in [-0.05, 0) is 56.2 Å². The zero-order chi connectivity index (χ0) is 19.2. The molecule has 1 saturated carbocycles. The summed E-state index contributed by atoms with van der Waals surface area (Å²) in [5.41, 5.74) is 0. The van der Waals surface area contributed by atoms with Crippen molar-refractivity contribution in [3.05, 3.63) is 0 Å². The normalized spacial score (nSPS) is 25.4. The number of ether oxygens (including phenoxy) is 3. The van der Waals surface area contributed by atoms with Gasteiger partial charge in [-0.1, -0.05) is 20.8 Å². The molecule has 2 fully saturated rings. The first kappa shape index (κ1) is 21.9. The van der Waals surface area contributed by atoms with Crippen molar-refractivity contribution in [3.63, 3.8) is 0 Å². The third kappa shape index (κ3) is 6.62. The van der Waals surface area contributed by atoms with Crippen molar-refractivity contribution in [2.45, 2.75) is 83.7 Å². The summed E-state index contributed by atoms with van der Waals surface area (Å²) in [7, 11) is -1.67. The molecule has 5 nitrogen and oxygen atoms in total. The number of carbonyl (C=O) groups is 1. The fourth-order valence-corrected chi connectivity index (χ4v) is 4.31. The molecule has 0 bridgehead atoms. The second kappa shape index (κ2) is 9.67. The summed E-state index contributed by atoms with van der Waals surface area (Å²) in [6.07, 6.45) is 5.48. The van der Waals surface area contributed by atoms with Crippen molar-refractivity contribution in [1.29, 1.82) is 0 Å². The van der Waals surface area contributed by atoms with Crippen LogP contribution >= 0.6 is 0 Å². The summed E-state index contributed by atoms with van der Waals surface area (Å²) in [6, 6.07) is 0. The van der Waals surface area contributed by atoms with Crippen LogP contribution in [0, 0.1) is 11.8 Å². The van der Waals surface area contributed by atoms with E-state index in [1.165, 1.54) is 0 Å². The molecule has 0 N–H and O–H groups in total. The molecule has 2 rings (SSSR count). The van der Waals surface area contributed by atoms with Crippen LogP contribution in [0.3, 0.4) is 0 Å². The van der Waals surface area contributed by atoms with E-state index in [1.807, 2.05) is 0 Å². The molecule has 1 saturated heterocycles. The first-order chi connectivity index (χ1) is 12.2. The number of hydrogen-bond donors (Lipinski definition) is 0. The molecule has 26 heavy (non-hydrogen) atoms. The highest BCUT2D eigenvalue weighted by molar-refractivity contribution is 6.74. The topological polar surface area (TPSA) is 54.0 Å². The van der Waals surface area contributed by atoms with Gasteiger partial charge in [0.05, 0.1) is 25.7 Å². The van der Waals surface area contributed by atoms with Crippen LogP contribution in [0.1, 0.15) is 59.3 Å². The molecule has 0 aromatic carbocycles. The van der Waals surface area contributed by atoms with E-state index in [2.05, 4.69) is 33.9 Å². The van der Waals surface area contributed by atoms with Crippen LogP contribution in [0.15, 0.2) is 0 Å². The zero-order valence-electron chi connectivity index (χ0n) is 17.3. The quantitative estimate of drug-likeness (QED) is 0.349. The maximum Gasteiger partial charge on any atom is 0.308 e. The van der Waals surface area contributed by atoms with Gasteiger partial charge in [0.15, 0.2) is 14.6 Å². The van der Waals surface area contributed by atoms with Gasteiger partial charge in [0.25, 0.3) is 0 Å². The van der Waals surface area contributed by atoms with E-state index in [4.69, 9.17) is 18.6 Å². The largest absolute Gasteiger partial charge is 0.465 e. The molecule has 152 valence electrons. The van der Waals surface area contributed by atoms with Gasteiger partial charge in [0.2, 0.25) is 0 Å². The summed E-state index contributed by atoms with van der Waals surface area (Å²) >= 11 is 0. The fraction of sp³-hybridized carbons (Fsp3) is 0.950. The second-order valence-electron chi connectivity index (χ2n) is 9.27. The number of carbonyl (C=O) groups excluding carboxylic acids is 1. The predicted octanol–water partition coefficient (Wildman–Crippen LogP) is 4.51. The Kier molecular flexibility index (Phi) is 8.13. The summed E-state index contributed by atoms with van der Waals surface area (Å²) in [4.78, 5) is 12.2. The molecule has 0 aromatic heterocycles. The SMILES string of the molecule is CC(C)(C)[Si](C)(C)OC[C@H]1CC[C@H](C(=O)OCCCC2OCCO2)CC1. The first-order valence-electron chi connectivity index (χ1n) is 10.2. The lowest BCUT2D eigenvalue weighted by Crippen LogP contribution is -2.42. The number of hydrogen-bond acceptors (Lipinski definition) is 5. The molecule has 0 spiro atoms. The van der Waals surface area contributed by atoms with Gasteiger partial charge in [-0.2, -0.15) is 0 Å². The zero-order valence-corrected chi connectivity index (χ0v) is 18.3. The second-order valence-corrected chi connectivity index (χ2v) is 14.1. The Morgan fingerprint density at radius 1 is 1.08 bits per heavy atom. The summed E-state index contributed by atoms with van der Waals surface area (Å²) in [5.74, 6) is 0.630. The minimum Gasteiger partial charge on any atom is -0.465 e. The molecule has 0 radical (unpaired) electrons. The third-order valence-corrected chi connectivity index (χ3v) is 10.7. The van der Waals surface area contributed by atoms with Gasteiger partial charge in [-0.3, -0.25) is 4.79 Å². The van der Waals surface area contributed by atoms with E-state index in [0.29, 0.717) is 25.7 Å². The summed E-state index contributed by atoms with van der Waals surface area (Å²) < 4.78 is 22.6. The Labute approximate surface area is 160 Å². The Balaban J connectivity index is 1.59. The van der Waals surface area contributed by atoms with Gasteiger partial charge in [0.1, 0.15) is 0 Å². The van der Waals surface area contributed by atoms with E-state index < -0.39 is 8.32 Å². The van der Waals surface area contributed by atoms with Gasteiger partial charge in [-0.15, -0.1) is 0 Å². The smallest absolute Gasteiger partial charge is 0.308 e. The highest BCUT2D eigenvalue weighted by Gasteiger charge is 2.38. The lowest BCUT2D eigenvalue weighted by atomic mass is 9.82. The lowest BCUT2D eigenvalue weighted by molar-refractivity contribution is -0.150. The minimum atomic E-state index is -1.67. The lowest BCUT2D eigenvalue weighted by Gasteiger charge is -2.38. The van der Waals surface area contributed by atoms with Crippen molar-refractivity contribution in [2.75, 3.05) is 26.4 Å². The molecule has 1 heterocycles. The van der Waals surface area contributed by atoms with Crippen LogP contribution in [-0.2, 0) is 23.4 Å². The Hall–Kier alpha value is -0.433. The van der Waals surface area contributed by atoms with Gasteiger partial charge in [0, 0.05) is 13.0 Å². The maximum absolute atomic E-state index is 12.2. The van der Waals surface area contributed by atoms with Crippen molar-refractivity contribution < 1.29 is 23.4 Å². The molecule has 1 aliphatic carbocycles. The van der Waals surface area contributed by atoms with E-state index in [-0.39, 0.29) is 23.2 Å². The van der Waals surface area contributed by atoms with Crippen LogP contribution in [-0.4, -0.2) is 47.0 Å². The first-order valence-corrected chi connectivity index (χ1v) is 13.1. The van der Waals surface area contributed by atoms with Gasteiger partial charge >= 0.3 is 5.97 Å². The number of rotatable bonds is 8. The van der Waals surface area contributed by atoms with Crippen molar-refractivity contribution in [2.24, 2.45) is 11.8 Å². The van der Waals surface area contributed by atoms with Crippen LogP contribution in [0.2, 0.25) is 18.1 Å². The molecule has 6 heteroatoms. The standard InChI is InChI=1S/C20H38O5Si/c1-20(2,3)26(4,5)25-15-16-8-10-17(11-9-16)19(21)24-12-6-7-18-22-13-14-23-18/h16-18H,6-15H2,1-5H3/t16-,17-. The molecule has 0 unspecified atom stereocenters. The molecule has 1 aliphatic heterocycles. The van der Waals surface area contributed by atoms with E-state index in [9.17, 15) is 4.79 Å². The highest BCUT2D eigenvalue weighted by Crippen LogP contribution is 2.38. The van der Waals surface area contributed by atoms with E-state index >= 15 is 0 Å². The predicted molar refractivity (Wildman–Crippen MR) is 104 cm³/mol. The Morgan fingerprint density at radius 3 is 2.27 bits per heavy atom. The third-order valence-electron chi connectivity index (χ3n) is 6.19. The van der Waals surface area contributed by atoms with Crippen LogP contribution in [0.4, 0.5) is 0 Å². The van der Waals surface area contributed by atoms with Crippen LogP contribution in [0.5, 0.6) is 0 Å². The summed E-state index contributed by atoms with van der Waals surface area (Å²) in [6.45, 7) is 14.1. The van der Waals surface area contributed by atoms with Crippen LogP contribution < -0.4 is 0 Å². The molecular weight excluding hydrogens is 348 g/mol. The average Bonchev–Trinajstić information content (AvgIpc) is 3.09. The van der Waals surface area contributed by atoms with Crippen molar-refractivity contribution >= 4 is 14.3 Å². The molecule has 0 aromatic rings. The maximum atomic E-state index is 12.2. The molecule has 0 amide bonds. The molecular formula is C20H38O5Si. The monoisotopic (exact) mass is 386 g/mol. The fourth-order valence-electron chi connectivity index (χ4n) is 3.22. The van der Waals surface area contributed by atoms with Crippen LogP contribution in [0.25, 0.3) is 0 Å². The molecule has 2 aliphatic rings. The van der Waals surface area contributed by atoms with Crippen molar-refractivity contribution in [3.8, 4) is 0 Å². The molecule has 0 atom stereocenters. The van der Waals surface area contributed by atoms with E-state index in [1.54, 1.807) is 0 Å². The Morgan fingerprint density at radius 2 is 1.69 bits per heavy atom.